The molecule has 1 N–H and O–H groups in total. The molecular weight excluding hydrogens is 386 g/mol. The minimum absolute atomic E-state index is 0.0219. The molecule has 29 heavy (non-hydrogen) atoms. The van der Waals surface area contributed by atoms with Gasteiger partial charge in [0.2, 0.25) is 0 Å². The number of hydrogen-bond acceptors (Lipinski definition) is 4. The summed E-state index contributed by atoms with van der Waals surface area (Å²) in [6.07, 6.45) is 0. The molecule has 0 heterocycles. The summed E-state index contributed by atoms with van der Waals surface area (Å²) in [6, 6.07) is 10.4. The predicted molar refractivity (Wildman–Crippen MR) is 117 cm³/mol. The summed E-state index contributed by atoms with van der Waals surface area (Å²) in [6.45, 7) is 12.2. The molecule has 0 saturated heterocycles. The highest BCUT2D eigenvalue weighted by atomic mass is 32.2. The monoisotopic (exact) mass is 417 g/mol. The molecule has 0 aliphatic carbocycles. The highest BCUT2D eigenvalue weighted by molar-refractivity contribution is 7.92. The minimum Gasteiger partial charge on any atom is -0.465 e. The Bertz CT molecular complexity index is 963. The number of sulfonamides is 1. The number of ether oxygens (including phenoxy) is 1. The van der Waals surface area contributed by atoms with Crippen molar-refractivity contribution in [3.05, 3.63) is 58.7 Å². The number of esters is 1. The molecule has 2 aromatic carbocycles. The van der Waals surface area contributed by atoms with E-state index in [0.717, 1.165) is 16.7 Å². The average molecular weight is 418 g/mol. The van der Waals surface area contributed by atoms with E-state index in [9.17, 15) is 13.2 Å². The van der Waals surface area contributed by atoms with Crippen LogP contribution in [-0.2, 0) is 14.8 Å². The van der Waals surface area contributed by atoms with E-state index in [1.54, 1.807) is 18.2 Å². The Morgan fingerprint density at radius 3 is 1.86 bits per heavy atom. The number of benzene rings is 2. The number of nitrogens with one attached hydrogen (secondary N) is 1. The van der Waals surface area contributed by atoms with Gasteiger partial charge in [-0.3, -0.25) is 4.72 Å². The summed E-state index contributed by atoms with van der Waals surface area (Å²) < 4.78 is 34.5. The Morgan fingerprint density at radius 2 is 1.41 bits per heavy atom. The van der Waals surface area contributed by atoms with Gasteiger partial charge in [0.1, 0.15) is 0 Å². The van der Waals surface area contributed by atoms with Gasteiger partial charge in [-0.15, -0.1) is 0 Å². The summed E-state index contributed by atoms with van der Waals surface area (Å²) in [5.74, 6) is -0.261. The van der Waals surface area contributed by atoms with Crippen molar-refractivity contribution in [2.24, 2.45) is 0 Å². The van der Waals surface area contributed by atoms with Crippen LogP contribution in [-0.4, -0.2) is 21.5 Å². The molecule has 0 unspecified atom stereocenters. The molecule has 0 amide bonds. The van der Waals surface area contributed by atoms with Crippen molar-refractivity contribution in [1.29, 1.82) is 0 Å². The first-order valence-electron chi connectivity index (χ1n) is 9.87. The highest BCUT2D eigenvalue weighted by Crippen LogP contribution is 2.36. The molecular formula is C23H31NO4S. The number of anilines is 1. The van der Waals surface area contributed by atoms with Crippen LogP contribution in [0, 0.1) is 0 Å². The van der Waals surface area contributed by atoms with E-state index in [1.165, 1.54) is 13.2 Å². The standard InChI is InChI=1S/C23H31NO4S/c1-14(2)17-12-19(15(3)4)22(20(13-17)16(5)6)29(26,27)24-21-11-9-8-10-18(21)23(25)28-7/h8-16,24H,1-7H3. The van der Waals surface area contributed by atoms with Crippen LogP contribution in [0.3, 0.4) is 0 Å². The molecule has 0 fully saturated rings. The molecule has 2 aromatic rings. The zero-order valence-electron chi connectivity index (χ0n) is 18.2. The van der Waals surface area contributed by atoms with Crippen molar-refractivity contribution in [1.82, 2.24) is 0 Å². The van der Waals surface area contributed by atoms with Gasteiger partial charge in [-0.25, -0.2) is 13.2 Å². The Hall–Kier alpha value is -2.34. The van der Waals surface area contributed by atoms with Crippen molar-refractivity contribution in [3.8, 4) is 0 Å². The van der Waals surface area contributed by atoms with Crippen LogP contribution < -0.4 is 4.72 Å². The summed E-state index contributed by atoms with van der Waals surface area (Å²) in [5, 5.41) is 0. The van der Waals surface area contributed by atoms with E-state index in [1.807, 2.05) is 39.8 Å². The van der Waals surface area contributed by atoms with Gasteiger partial charge in [-0.1, -0.05) is 65.8 Å². The Balaban J connectivity index is 2.71. The van der Waals surface area contributed by atoms with E-state index in [0.29, 0.717) is 4.90 Å². The first-order chi connectivity index (χ1) is 13.5. The number of hydrogen-bond donors (Lipinski definition) is 1. The number of carbonyl (C=O) groups is 1. The largest absolute Gasteiger partial charge is 0.465 e. The van der Waals surface area contributed by atoms with Gasteiger partial charge < -0.3 is 4.74 Å². The van der Waals surface area contributed by atoms with E-state index in [4.69, 9.17) is 4.74 Å². The van der Waals surface area contributed by atoms with Crippen molar-refractivity contribution in [2.45, 2.75) is 64.2 Å². The van der Waals surface area contributed by atoms with Crippen LogP contribution in [0.2, 0.25) is 0 Å². The van der Waals surface area contributed by atoms with Crippen LogP contribution in [0.25, 0.3) is 0 Å². The van der Waals surface area contributed by atoms with Gasteiger partial charge in [0.05, 0.1) is 23.3 Å². The van der Waals surface area contributed by atoms with Crippen molar-refractivity contribution in [3.63, 3.8) is 0 Å². The second-order valence-corrected chi connectivity index (χ2v) is 9.75. The molecule has 0 atom stereocenters. The summed E-state index contributed by atoms with van der Waals surface area (Å²) in [4.78, 5) is 12.4. The van der Waals surface area contributed by atoms with Crippen molar-refractivity contribution < 1.29 is 17.9 Å². The summed E-state index contributed by atoms with van der Waals surface area (Å²) >= 11 is 0. The number of para-hydroxylation sites is 1. The molecule has 5 nitrogen and oxygen atoms in total. The van der Waals surface area contributed by atoms with Gasteiger partial charge in [0.15, 0.2) is 0 Å². The zero-order valence-corrected chi connectivity index (χ0v) is 19.1. The van der Waals surface area contributed by atoms with Crippen LogP contribution in [0.4, 0.5) is 5.69 Å². The Labute approximate surface area is 174 Å². The maximum Gasteiger partial charge on any atom is 0.339 e. The summed E-state index contributed by atoms with van der Waals surface area (Å²) in [7, 11) is -2.66. The molecule has 0 spiro atoms. The van der Waals surface area contributed by atoms with Crippen molar-refractivity contribution >= 4 is 21.7 Å². The first-order valence-corrected chi connectivity index (χ1v) is 11.4. The fourth-order valence-corrected chi connectivity index (χ4v) is 5.04. The highest BCUT2D eigenvalue weighted by Gasteiger charge is 2.28. The average Bonchev–Trinajstić information content (AvgIpc) is 2.66. The molecule has 0 saturated carbocycles. The lowest BCUT2D eigenvalue weighted by molar-refractivity contribution is 0.0602. The summed E-state index contributed by atoms with van der Waals surface area (Å²) in [5.41, 5.74) is 3.06. The third-order valence-corrected chi connectivity index (χ3v) is 6.42. The fourth-order valence-electron chi connectivity index (χ4n) is 3.26. The normalized spacial score (nSPS) is 11.9. The molecule has 0 aliphatic rings. The topological polar surface area (TPSA) is 72.5 Å². The SMILES string of the molecule is COC(=O)c1ccccc1NS(=O)(=O)c1c(C(C)C)cc(C(C)C)cc1C(C)C. The van der Waals surface area contributed by atoms with E-state index in [2.05, 4.69) is 18.6 Å². The van der Waals surface area contributed by atoms with Crippen LogP contribution in [0.5, 0.6) is 0 Å². The molecule has 2 rings (SSSR count). The maximum atomic E-state index is 13.5. The lowest BCUT2D eigenvalue weighted by atomic mass is 9.89. The number of rotatable bonds is 7. The quantitative estimate of drug-likeness (QED) is 0.591. The third-order valence-electron chi connectivity index (χ3n) is 4.92. The smallest absolute Gasteiger partial charge is 0.339 e. The van der Waals surface area contributed by atoms with Gasteiger partial charge in [0.25, 0.3) is 10.0 Å². The van der Waals surface area contributed by atoms with E-state index >= 15 is 0 Å². The Morgan fingerprint density at radius 1 is 0.897 bits per heavy atom. The lowest BCUT2D eigenvalue weighted by Gasteiger charge is -2.23. The maximum absolute atomic E-state index is 13.5. The second kappa shape index (κ2) is 8.99. The predicted octanol–water partition coefficient (Wildman–Crippen LogP) is 5.64. The van der Waals surface area contributed by atoms with Crippen LogP contribution in [0.15, 0.2) is 41.3 Å². The van der Waals surface area contributed by atoms with Crippen LogP contribution >= 0.6 is 0 Å². The number of carbonyl (C=O) groups excluding carboxylic acids is 1. The fraction of sp³-hybridized carbons (Fsp3) is 0.435. The molecule has 158 valence electrons. The van der Waals surface area contributed by atoms with E-state index in [-0.39, 0.29) is 29.0 Å². The second-order valence-electron chi connectivity index (χ2n) is 8.14. The van der Waals surface area contributed by atoms with Gasteiger partial charge in [0, 0.05) is 0 Å². The number of methoxy groups -OCH3 is 1. The molecule has 0 radical (unpaired) electrons. The molecule has 0 aromatic heterocycles. The van der Waals surface area contributed by atoms with Gasteiger partial charge >= 0.3 is 5.97 Å². The molecule has 6 heteroatoms. The first kappa shape index (κ1) is 22.9. The van der Waals surface area contributed by atoms with Gasteiger partial charge in [-0.05, 0) is 46.6 Å². The third kappa shape index (κ3) is 4.99. The van der Waals surface area contributed by atoms with Crippen molar-refractivity contribution in [2.75, 3.05) is 11.8 Å². The molecule has 0 aliphatic heterocycles. The lowest BCUT2D eigenvalue weighted by Crippen LogP contribution is -2.20. The molecule has 0 bridgehead atoms. The van der Waals surface area contributed by atoms with E-state index < -0.39 is 16.0 Å². The van der Waals surface area contributed by atoms with Gasteiger partial charge in [-0.2, -0.15) is 0 Å². The Kier molecular flexibility index (Phi) is 7.11. The van der Waals surface area contributed by atoms with Crippen LogP contribution in [0.1, 0.15) is 86.3 Å². The zero-order chi connectivity index (χ0) is 21.9. The minimum atomic E-state index is -3.93.